The van der Waals surface area contributed by atoms with E-state index in [0.29, 0.717) is 26.3 Å². The van der Waals surface area contributed by atoms with Crippen LogP contribution in [0.15, 0.2) is 23.7 Å². The molecule has 0 aromatic carbocycles. The van der Waals surface area contributed by atoms with E-state index in [-0.39, 0.29) is 5.91 Å². The van der Waals surface area contributed by atoms with E-state index >= 15 is 0 Å². The predicted octanol–water partition coefficient (Wildman–Crippen LogP) is 1.43. The van der Waals surface area contributed by atoms with Gasteiger partial charge in [-0.15, -0.1) is 11.3 Å². The molecule has 2 aromatic rings. The van der Waals surface area contributed by atoms with Gasteiger partial charge in [0.2, 0.25) is 0 Å². The molecule has 23 heavy (non-hydrogen) atoms. The molecule has 2 aromatic heterocycles. The third-order valence-electron chi connectivity index (χ3n) is 4.42. The van der Waals surface area contributed by atoms with E-state index in [1.165, 1.54) is 4.88 Å². The first-order valence-electron chi connectivity index (χ1n) is 7.97. The van der Waals surface area contributed by atoms with Crippen molar-refractivity contribution in [3.63, 3.8) is 0 Å². The Morgan fingerprint density at radius 1 is 1.26 bits per heavy atom. The molecule has 122 valence electrons. The van der Waals surface area contributed by atoms with Crippen molar-refractivity contribution in [1.82, 2.24) is 19.4 Å². The van der Waals surface area contributed by atoms with Crippen molar-refractivity contribution in [2.24, 2.45) is 0 Å². The summed E-state index contributed by atoms with van der Waals surface area (Å²) in [4.78, 5) is 22.8. The van der Waals surface area contributed by atoms with E-state index in [2.05, 4.69) is 32.0 Å². The minimum Gasteiger partial charge on any atom is -0.378 e. The lowest BCUT2D eigenvalue weighted by atomic mass is 10.3. The number of carbonyl (C=O) groups is 1. The molecular formula is C16H20N4O2S. The number of ether oxygens (including phenoxy) is 1. The molecule has 2 aliphatic heterocycles. The second kappa shape index (κ2) is 6.43. The molecule has 7 heteroatoms. The monoisotopic (exact) mass is 332 g/mol. The number of nitrogens with zero attached hydrogens (tertiary/aromatic N) is 4. The van der Waals surface area contributed by atoms with Crippen LogP contribution in [-0.4, -0.2) is 58.1 Å². The Bertz CT molecular complexity index is 676. The average Bonchev–Trinajstić information content (AvgIpc) is 3.24. The summed E-state index contributed by atoms with van der Waals surface area (Å²) in [5.41, 5.74) is 0.720. The molecule has 1 amide bonds. The van der Waals surface area contributed by atoms with Crippen molar-refractivity contribution in [2.75, 3.05) is 32.8 Å². The van der Waals surface area contributed by atoms with Gasteiger partial charge in [0.1, 0.15) is 11.5 Å². The Morgan fingerprint density at radius 3 is 2.91 bits per heavy atom. The van der Waals surface area contributed by atoms with Crippen LogP contribution in [0.1, 0.15) is 21.2 Å². The first kappa shape index (κ1) is 14.9. The van der Waals surface area contributed by atoms with Gasteiger partial charge in [0.05, 0.1) is 26.0 Å². The van der Waals surface area contributed by atoms with Crippen molar-refractivity contribution in [3.05, 3.63) is 40.1 Å². The Kier molecular flexibility index (Phi) is 4.15. The van der Waals surface area contributed by atoms with Crippen molar-refractivity contribution in [2.45, 2.75) is 19.6 Å². The molecule has 1 saturated heterocycles. The minimum absolute atomic E-state index is 0.0822. The normalized spacial score (nSPS) is 18.9. The van der Waals surface area contributed by atoms with Crippen molar-refractivity contribution < 1.29 is 9.53 Å². The van der Waals surface area contributed by atoms with Crippen LogP contribution >= 0.6 is 11.3 Å². The molecule has 0 unspecified atom stereocenters. The summed E-state index contributed by atoms with van der Waals surface area (Å²) in [5.74, 6) is 1.07. The summed E-state index contributed by atoms with van der Waals surface area (Å²) in [7, 11) is 0. The first-order chi connectivity index (χ1) is 11.3. The van der Waals surface area contributed by atoms with Gasteiger partial charge in [-0.1, -0.05) is 6.07 Å². The molecule has 2 aliphatic rings. The Hall–Kier alpha value is -1.70. The fraction of sp³-hybridized carbons (Fsp3) is 0.500. The summed E-state index contributed by atoms with van der Waals surface area (Å²) in [6.45, 7) is 6.12. The third-order valence-corrected chi connectivity index (χ3v) is 5.28. The molecule has 0 atom stereocenters. The van der Waals surface area contributed by atoms with Crippen LogP contribution in [-0.2, 0) is 24.4 Å². The Labute approximate surface area is 139 Å². The van der Waals surface area contributed by atoms with Crippen molar-refractivity contribution in [1.29, 1.82) is 0 Å². The molecule has 0 aliphatic carbocycles. The molecule has 0 saturated carbocycles. The van der Waals surface area contributed by atoms with Crippen LogP contribution in [0, 0.1) is 0 Å². The summed E-state index contributed by atoms with van der Waals surface area (Å²) in [6.07, 6.45) is 1.74. The maximum absolute atomic E-state index is 12.7. The van der Waals surface area contributed by atoms with Crippen LogP contribution in [0.25, 0.3) is 0 Å². The van der Waals surface area contributed by atoms with E-state index in [4.69, 9.17) is 4.74 Å². The highest BCUT2D eigenvalue weighted by atomic mass is 32.1. The van der Waals surface area contributed by atoms with E-state index in [0.717, 1.165) is 37.7 Å². The highest BCUT2D eigenvalue weighted by Crippen LogP contribution is 2.19. The van der Waals surface area contributed by atoms with Gasteiger partial charge >= 0.3 is 0 Å². The maximum Gasteiger partial charge on any atom is 0.272 e. The Balaban J connectivity index is 1.47. The molecule has 0 spiro atoms. The van der Waals surface area contributed by atoms with Gasteiger partial charge in [0.15, 0.2) is 0 Å². The Morgan fingerprint density at radius 2 is 2.13 bits per heavy atom. The molecule has 1 fully saturated rings. The topological polar surface area (TPSA) is 50.6 Å². The van der Waals surface area contributed by atoms with Crippen LogP contribution in [0.3, 0.4) is 0 Å². The van der Waals surface area contributed by atoms with E-state index in [1.807, 2.05) is 4.90 Å². The number of hydrogen-bond acceptors (Lipinski definition) is 5. The second-order valence-electron chi connectivity index (χ2n) is 5.91. The lowest BCUT2D eigenvalue weighted by Crippen LogP contribution is -2.42. The zero-order valence-corrected chi connectivity index (χ0v) is 13.8. The molecule has 0 radical (unpaired) electrons. The van der Waals surface area contributed by atoms with E-state index < -0.39 is 0 Å². The first-order valence-corrected chi connectivity index (χ1v) is 8.85. The molecule has 0 bridgehead atoms. The zero-order chi connectivity index (χ0) is 15.6. The number of morpholine rings is 1. The van der Waals surface area contributed by atoms with Gasteiger partial charge in [-0.05, 0) is 11.4 Å². The summed E-state index contributed by atoms with van der Waals surface area (Å²) in [6, 6.07) is 4.25. The molecule has 4 rings (SSSR count). The number of fused-ring (bicyclic) bond motifs is 1. The molecular weight excluding hydrogens is 312 g/mol. The molecule has 6 nitrogen and oxygen atoms in total. The summed E-state index contributed by atoms with van der Waals surface area (Å²) in [5, 5.41) is 2.11. The van der Waals surface area contributed by atoms with Crippen LogP contribution in [0.4, 0.5) is 0 Å². The van der Waals surface area contributed by atoms with E-state index in [9.17, 15) is 4.79 Å². The number of rotatable bonds is 3. The average molecular weight is 332 g/mol. The smallest absolute Gasteiger partial charge is 0.272 e. The second-order valence-corrected chi connectivity index (χ2v) is 6.94. The maximum atomic E-state index is 12.7. The quantitative estimate of drug-likeness (QED) is 0.853. The number of amides is 1. The standard InChI is InChI=1S/C16H20N4O2S/c21-16(19-5-7-22-8-6-19)14-10-17-15-12-18(3-4-20(14)15)11-13-2-1-9-23-13/h1-2,9-10H,3-8,11-12H2. The largest absolute Gasteiger partial charge is 0.378 e. The minimum atomic E-state index is 0.0822. The SMILES string of the molecule is O=C(c1cnc2n1CCN(Cc1cccs1)C2)N1CCOCC1. The fourth-order valence-corrected chi connectivity index (χ4v) is 3.91. The number of thiophene rings is 1. The predicted molar refractivity (Wildman–Crippen MR) is 87.4 cm³/mol. The van der Waals surface area contributed by atoms with Gasteiger partial charge in [-0.25, -0.2) is 4.98 Å². The van der Waals surface area contributed by atoms with E-state index in [1.54, 1.807) is 17.5 Å². The lowest BCUT2D eigenvalue weighted by Gasteiger charge is -2.30. The number of hydrogen-bond donors (Lipinski definition) is 0. The van der Waals surface area contributed by atoms with Crippen LogP contribution in [0.2, 0.25) is 0 Å². The number of aromatic nitrogens is 2. The van der Waals surface area contributed by atoms with Gasteiger partial charge in [-0.2, -0.15) is 0 Å². The number of imidazole rings is 1. The highest BCUT2D eigenvalue weighted by Gasteiger charge is 2.26. The van der Waals surface area contributed by atoms with Gasteiger partial charge in [0, 0.05) is 37.6 Å². The van der Waals surface area contributed by atoms with Crippen molar-refractivity contribution >= 4 is 17.2 Å². The van der Waals surface area contributed by atoms with Crippen LogP contribution in [0.5, 0.6) is 0 Å². The van der Waals surface area contributed by atoms with Gasteiger partial charge in [0.25, 0.3) is 5.91 Å². The van der Waals surface area contributed by atoms with Gasteiger partial charge < -0.3 is 14.2 Å². The van der Waals surface area contributed by atoms with Crippen molar-refractivity contribution in [3.8, 4) is 0 Å². The third kappa shape index (κ3) is 3.04. The highest BCUT2D eigenvalue weighted by molar-refractivity contribution is 7.09. The zero-order valence-electron chi connectivity index (χ0n) is 13.0. The fourth-order valence-electron chi connectivity index (χ4n) is 3.17. The summed E-state index contributed by atoms with van der Waals surface area (Å²) < 4.78 is 7.41. The van der Waals surface area contributed by atoms with Crippen LogP contribution < -0.4 is 0 Å². The lowest BCUT2D eigenvalue weighted by molar-refractivity contribution is 0.0294. The molecule has 0 N–H and O–H groups in total. The van der Waals surface area contributed by atoms with Gasteiger partial charge in [-0.3, -0.25) is 9.69 Å². The molecule has 4 heterocycles. The number of carbonyl (C=O) groups excluding carboxylic acids is 1. The summed E-state index contributed by atoms with van der Waals surface area (Å²) >= 11 is 1.79.